The molecule has 0 bridgehead atoms. The van der Waals surface area contributed by atoms with Crippen LogP contribution < -0.4 is 10.1 Å². The summed E-state index contributed by atoms with van der Waals surface area (Å²) in [5.41, 5.74) is 3.22. The zero-order valence-electron chi connectivity index (χ0n) is 20.6. The summed E-state index contributed by atoms with van der Waals surface area (Å²) in [4.78, 5) is 31.9. The molecule has 1 N–H and O–H groups in total. The molecule has 1 atom stereocenters. The van der Waals surface area contributed by atoms with Crippen LogP contribution in [0.25, 0.3) is 0 Å². The minimum atomic E-state index is -0.429. The van der Waals surface area contributed by atoms with Crippen molar-refractivity contribution >= 4 is 23.2 Å². The summed E-state index contributed by atoms with van der Waals surface area (Å²) in [7, 11) is 0. The fourth-order valence-electron chi connectivity index (χ4n) is 4.72. The van der Waals surface area contributed by atoms with Gasteiger partial charge >= 0.3 is 0 Å². The van der Waals surface area contributed by atoms with Crippen LogP contribution in [0.15, 0.2) is 70.7 Å². The lowest BCUT2D eigenvalue weighted by Crippen LogP contribution is -2.40. The van der Waals surface area contributed by atoms with Crippen molar-refractivity contribution in [3.63, 3.8) is 0 Å². The van der Waals surface area contributed by atoms with Gasteiger partial charge < -0.3 is 19.4 Å². The van der Waals surface area contributed by atoms with E-state index in [2.05, 4.69) is 10.3 Å². The van der Waals surface area contributed by atoms with Crippen molar-refractivity contribution < 1.29 is 23.1 Å². The third-order valence-corrected chi connectivity index (χ3v) is 7.74. The molecule has 0 radical (unpaired) electrons. The highest BCUT2D eigenvalue weighted by Crippen LogP contribution is 2.38. The molecule has 0 unspecified atom stereocenters. The highest BCUT2D eigenvalue weighted by Gasteiger charge is 2.34. The number of hydrogen-bond donors (Lipinski definition) is 1. The Labute approximate surface area is 223 Å². The van der Waals surface area contributed by atoms with Gasteiger partial charge in [0, 0.05) is 18.5 Å². The molecule has 2 aromatic heterocycles. The van der Waals surface area contributed by atoms with E-state index in [1.165, 1.54) is 42.6 Å². The number of ether oxygens (including phenoxy) is 1. The number of amides is 2. The van der Waals surface area contributed by atoms with E-state index < -0.39 is 6.04 Å². The zero-order chi connectivity index (χ0) is 26.1. The molecule has 1 aliphatic carbocycles. The number of carbonyl (C=O) groups excluding carboxylic acids is 2. The Morgan fingerprint density at radius 3 is 2.76 bits per heavy atom. The fraction of sp³-hybridized carbons (Fsp3) is 0.276. The second kappa shape index (κ2) is 10.4. The number of nitrogens with one attached hydrogen (secondary N) is 1. The zero-order valence-corrected chi connectivity index (χ0v) is 21.4. The Hall–Kier alpha value is -3.98. The molecule has 9 heteroatoms. The maximum Gasteiger partial charge on any atom is 0.290 e. The molecule has 1 saturated carbocycles. The van der Waals surface area contributed by atoms with Gasteiger partial charge in [0.05, 0.1) is 12.3 Å². The average molecular weight is 532 g/mol. The highest BCUT2D eigenvalue weighted by molar-refractivity contribution is 7.09. The number of hydrogen-bond acceptors (Lipinski definition) is 6. The number of thiazole rings is 1. The molecule has 1 aliphatic heterocycles. The van der Waals surface area contributed by atoms with Crippen LogP contribution in [-0.2, 0) is 13.0 Å². The van der Waals surface area contributed by atoms with Crippen molar-refractivity contribution in [2.24, 2.45) is 5.92 Å². The minimum absolute atomic E-state index is 0.156. The van der Waals surface area contributed by atoms with Crippen molar-refractivity contribution in [2.75, 3.05) is 13.1 Å². The number of carbonyl (C=O) groups is 2. The number of aromatic nitrogens is 1. The van der Waals surface area contributed by atoms with E-state index in [-0.39, 0.29) is 30.0 Å². The number of nitrogens with zero attached hydrogens (tertiary/aromatic N) is 2. The normalized spacial score (nSPS) is 16.7. The topological polar surface area (TPSA) is 84.7 Å². The third-order valence-electron chi connectivity index (χ3n) is 6.92. The predicted molar refractivity (Wildman–Crippen MR) is 140 cm³/mol. The molecule has 6 rings (SSSR count). The Balaban J connectivity index is 1.23. The first-order valence-electron chi connectivity index (χ1n) is 12.6. The lowest BCUT2D eigenvalue weighted by Gasteiger charge is -2.37. The largest absolute Gasteiger partial charge is 0.486 e. The van der Waals surface area contributed by atoms with Gasteiger partial charge in [0.2, 0.25) is 0 Å². The van der Waals surface area contributed by atoms with Crippen LogP contribution in [0.3, 0.4) is 0 Å². The van der Waals surface area contributed by atoms with Crippen molar-refractivity contribution in [1.82, 2.24) is 15.2 Å². The lowest BCUT2D eigenvalue weighted by atomic mass is 9.87. The first-order valence-corrected chi connectivity index (χ1v) is 13.5. The maximum absolute atomic E-state index is 13.7. The Bertz CT molecular complexity index is 1450. The molecule has 7 nitrogen and oxygen atoms in total. The number of fused-ring (bicyclic) bond motifs is 1. The Kier molecular flexibility index (Phi) is 6.68. The van der Waals surface area contributed by atoms with Gasteiger partial charge in [-0.25, -0.2) is 9.37 Å². The van der Waals surface area contributed by atoms with Crippen LogP contribution in [0.4, 0.5) is 4.39 Å². The second-order valence-electron chi connectivity index (χ2n) is 9.61. The van der Waals surface area contributed by atoms with Crippen LogP contribution in [0.1, 0.15) is 61.6 Å². The van der Waals surface area contributed by atoms with Crippen molar-refractivity contribution in [3.05, 3.63) is 105 Å². The van der Waals surface area contributed by atoms with E-state index >= 15 is 0 Å². The standard InChI is InChI=1S/C29H26FN3O4S/c30-21-8-5-20(6-9-21)27-23-14-22(10-7-19(23)11-12-33(27)29(35)25-2-1-13-36-25)37-16-26-32-24(17-38-26)28(34)31-15-18-3-4-18/h1-2,5-10,13-14,17-18,27H,3-4,11-12,15-16H2,(H,31,34)/t27-/m0/s1. The molecule has 4 aromatic rings. The summed E-state index contributed by atoms with van der Waals surface area (Å²) in [6, 6.07) is 15.0. The van der Waals surface area contributed by atoms with Crippen molar-refractivity contribution in [3.8, 4) is 5.75 Å². The quantitative estimate of drug-likeness (QED) is 0.330. The van der Waals surface area contributed by atoms with Gasteiger partial charge in [-0.2, -0.15) is 0 Å². The van der Waals surface area contributed by atoms with E-state index in [9.17, 15) is 14.0 Å². The SMILES string of the molecule is O=C(NCC1CC1)c1csc(COc2ccc3c(c2)[C@H](c2ccc(F)cc2)N(C(=O)c2ccco2)CC3)n1. The first kappa shape index (κ1) is 24.4. The molecule has 0 saturated heterocycles. The smallest absolute Gasteiger partial charge is 0.290 e. The van der Waals surface area contributed by atoms with Crippen molar-refractivity contribution in [1.29, 1.82) is 0 Å². The first-order chi connectivity index (χ1) is 18.5. The molecule has 194 valence electrons. The third kappa shape index (κ3) is 5.19. The molecule has 2 aliphatic rings. The van der Waals surface area contributed by atoms with Crippen LogP contribution in [-0.4, -0.2) is 34.8 Å². The predicted octanol–water partition coefficient (Wildman–Crippen LogP) is 5.38. The van der Waals surface area contributed by atoms with Gasteiger partial charge in [-0.1, -0.05) is 18.2 Å². The summed E-state index contributed by atoms with van der Waals surface area (Å²) >= 11 is 1.38. The van der Waals surface area contributed by atoms with E-state index in [0.717, 1.165) is 16.7 Å². The molecule has 38 heavy (non-hydrogen) atoms. The van der Waals surface area contributed by atoms with E-state index in [1.54, 1.807) is 34.5 Å². The molecule has 2 aromatic carbocycles. The minimum Gasteiger partial charge on any atom is -0.486 e. The number of rotatable bonds is 8. The van der Waals surface area contributed by atoms with Gasteiger partial charge in [-0.05, 0) is 78.3 Å². The second-order valence-corrected chi connectivity index (χ2v) is 10.6. The lowest BCUT2D eigenvalue weighted by molar-refractivity contribution is 0.0661. The summed E-state index contributed by atoms with van der Waals surface area (Å²) in [6.45, 7) is 1.42. The molecule has 0 spiro atoms. The molecule has 3 heterocycles. The van der Waals surface area contributed by atoms with Crippen LogP contribution in [0.2, 0.25) is 0 Å². The van der Waals surface area contributed by atoms with Gasteiger partial charge in [-0.15, -0.1) is 11.3 Å². The summed E-state index contributed by atoms with van der Waals surface area (Å²) in [5.74, 6) is 0.767. The van der Waals surface area contributed by atoms with E-state index in [4.69, 9.17) is 9.15 Å². The summed E-state index contributed by atoms with van der Waals surface area (Å²) in [6.07, 6.45) is 4.50. The Morgan fingerprint density at radius 2 is 2.00 bits per heavy atom. The summed E-state index contributed by atoms with van der Waals surface area (Å²) < 4.78 is 25.2. The van der Waals surface area contributed by atoms with Crippen LogP contribution in [0, 0.1) is 11.7 Å². The van der Waals surface area contributed by atoms with Gasteiger partial charge in [0.25, 0.3) is 11.8 Å². The number of halogens is 1. The number of benzene rings is 2. The maximum atomic E-state index is 13.7. The van der Waals surface area contributed by atoms with Gasteiger partial charge in [0.15, 0.2) is 5.76 Å². The fourth-order valence-corrected chi connectivity index (χ4v) is 5.41. The Morgan fingerprint density at radius 1 is 1.16 bits per heavy atom. The highest BCUT2D eigenvalue weighted by atomic mass is 32.1. The molecule has 2 amide bonds. The number of furan rings is 1. The van der Waals surface area contributed by atoms with Gasteiger partial charge in [-0.3, -0.25) is 9.59 Å². The van der Waals surface area contributed by atoms with Gasteiger partial charge in [0.1, 0.15) is 28.9 Å². The molecular formula is C29H26FN3O4S. The molecular weight excluding hydrogens is 505 g/mol. The monoisotopic (exact) mass is 531 g/mol. The van der Waals surface area contributed by atoms with E-state index in [0.29, 0.717) is 41.9 Å². The van der Waals surface area contributed by atoms with Crippen molar-refractivity contribution in [2.45, 2.75) is 31.9 Å². The van der Waals surface area contributed by atoms with Crippen LogP contribution >= 0.6 is 11.3 Å². The summed E-state index contributed by atoms with van der Waals surface area (Å²) in [5, 5.41) is 5.38. The van der Waals surface area contributed by atoms with E-state index in [1.807, 2.05) is 18.2 Å². The van der Waals surface area contributed by atoms with Crippen LogP contribution in [0.5, 0.6) is 5.75 Å². The molecule has 1 fully saturated rings. The average Bonchev–Trinajstić information content (AvgIpc) is 3.38.